The van der Waals surface area contributed by atoms with Gasteiger partial charge in [-0.2, -0.15) is 0 Å². The van der Waals surface area contributed by atoms with Crippen LogP contribution in [0.25, 0.3) is 0 Å². The van der Waals surface area contributed by atoms with Crippen LogP contribution in [0.15, 0.2) is 12.1 Å². The van der Waals surface area contributed by atoms with E-state index < -0.39 is 9.84 Å². The summed E-state index contributed by atoms with van der Waals surface area (Å²) in [5, 5.41) is 0. The molecular weight excluding hydrogens is 280 g/mol. The zero-order valence-corrected chi connectivity index (χ0v) is 11.6. The number of hydrogen-bond acceptors (Lipinski definition) is 4. The van der Waals surface area contributed by atoms with E-state index >= 15 is 0 Å². The van der Waals surface area contributed by atoms with Gasteiger partial charge in [0.25, 0.3) is 0 Å². The summed E-state index contributed by atoms with van der Waals surface area (Å²) in [5.41, 5.74) is 0. The molecule has 94 valence electrons. The van der Waals surface area contributed by atoms with Gasteiger partial charge in [0.15, 0.2) is 9.84 Å². The molecule has 0 aromatic carbocycles. The summed E-state index contributed by atoms with van der Waals surface area (Å²) in [6, 6.07) is 3.62. The fourth-order valence-electron chi connectivity index (χ4n) is 2.07. The van der Waals surface area contributed by atoms with E-state index in [9.17, 15) is 13.2 Å². The van der Waals surface area contributed by atoms with E-state index in [1.807, 2.05) is 6.07 Å². The Bertz CT molecular complexity index is 519. The van der Waals surface area contributed by atoms with E-state index in [0.717, 1.165) is 4.88 Å². The Morgan fingerprint density at radius 2 is 2.24 bits per heavy atom. The molecule has 1 aliphatic heterocycles. The molecule has 0 bridgehead atoms. The van der Waals surface area contributed by atoms with E-state index in [1.54, 1.807) is 6.07 Å². The van der Waals surface area contributed by atoms with Gasteiger partial charge in [-0.1, -0.05) is 11.6 Å². The number of sulfone groups is 1. The van der Waals surface area contributed by atoms with Crippen LogP contribution in [0.2, 0.25) is 4.34 Å². The van der Waals surface area contributed by atoms with Crippen molar-refractivity contribution in [2.45, 2.75) is 19.3 Å². The van der Waals surface area contributed by atoms with Crippen LogP contribution in [0.3, 0.4) is 0 Å². The van der Waals surface area contributed by atoms with Gasteiger partial charge in [-0.25, -0.2) is 8.42 Å². The van der Waals surface area contributed by atoms with Crippen LogP contribution in [0.1, 0.15) is 17.7 Å². The summed E-state index contributed by atoms with van der Waals surface area (Å²) >= 11 is 7.18. The SMILES string of the molecule is O=C(Cc1ccc(Cl)s1)CC1CCS(=O)(=O)C1. The molecule has 1 unspecified atom stereocenters. The summed E-state index contributed by atoms with van der Waals surface area (Å²) in [7, 11) is -2.88. The number of halogens is 1. The van der Waals surface area contributed by atoms with Crippen molar-refractivity contribution in [3.63, 3.8) is 0 Å². The van der Waals surface area contributed by atoms with Crippen LogP contribution in [-0.2, 0) is 21.1 Å². The van der Waals surface area contributed by atoms with Crippen molar-refractivity contribution in [1.29, 1.82) is 0 Å². The average Bonchev–Trinajstić information content (AvgIpc) is 2.73. The topological polar surface area (TPSA) is 51.2 Å². The molecular formula is C11H13ClO3S2. The molecule has 0 N–H and O–H groups in total. The molecule has 2 heterocycles. The number of ketones is 1. The molecule has 17 heavy (non-hydrogen) atoms. The van der Waals surface area contributed by atoms with E-state index in [0.29, 0.717) is 23.6 Å². The first-order valence-corrected chi connectivity index (χ1v) is 8.42. The summed E-state index contributed by atoms with van der Waals surface area (Å²) in [5.74, 6) is 0.522. The first-order valence-electron chi connectivity index (χ1n) is 5.41. The van der Waals surface area contributed by atoms with Gasteiger partial charge >= 0.3 is 0 Å². The molecule has 1 aliphatic rings. The molecule has 0 radical (unpaired) electrons. The van der Waals surface area contributed by atoms with Gasteiger partial charge in [0.2, 0.25) is 0 Å². The average molecular weight is 293 g/mol. The van der Waals surface area contributed by atoms with Gasteiger partial charge < -0.3 is 0 Å². The maximum absolute atomic E-state index is 11.8. The minimum absolute atomic E-state index is 0.0166. The molecule has 2 rings (SSSR count). The molecule has 1 fully saturated rings. The second-order valence-electron chi connectivity index (χ2n) is 4.39. The maximum atomic E-state index is 11.8. The molecule has 1 aromatic rings. The molecule has 0 spiro atoms. The van der Waals surface area contributed by atoms with Crippen molar-refractivity contribution in [2.75, 3.05) is 11.5 Å². The third-order valence-corrected chi connectivity index (χ3v) is 5.91. The van der Waals surface area contributed by atoms with Gasteiger partial charge in [0.1, 0.15) is 5.78 Å². The first kappa shape index (κ1) is 13.1. The van der Waals surface area contributed by atoms with Crippen molar-refractivity contribution >= 4 is 38.6 Å². The van der Waals surface area contributed by atoms with Gasteiger partial charge in [-0.15, -0.1) is 11.3 Å². The van der Waals surface area contributed by atoms with Crippen LogP contribution in [0, 0.1) is 5.92 Å². The van der Waals surface area contributed by atoms with E-state index in [1.165, 1.54) is 11.3 Å². The molecule has 3 nitrogen and oxygen atoms in total. The highest BCUT2D eigenvalue weighted by Gasteiger charge is 2.29. The summed E-state index contributed by atoms with van der Waals surface area (Å²) in [6.07, 6.45) is 1.36. The van der Waals surface area contributed by atoms with Crippen molar-refractivity contribution < 1.29 is 13.2 Å². The fraction of sp³-hybridized carbons (Fsp3) is 0.545. The van der Waals surface area contributed by atoms with Gasteiger partial charge in [-0.05, 0) is 24.5 Å². The Balaban J connectivity index is 1.86. The third kappa shape index (κ3) is 3.79. The number of carbonyl (C=O) groups is 1. The van der Waals surface area contributed by atoms with Crippen LogP contribution in [0.5, 0.6) is 0 Å². The molecule has 0 aliphatic carbocycles. The van der Waals surface area contributed by atoms with E-state index in [2.05, 4.69) is 0 Å². The van der Waals surface area contributed by atoms with Crippen molar-refractivity contribution in [3.05, 3.63) is 21.3 Å². The molecule has 1 atom stereocenters. The first-order chi connectivity index (χ1) is 7.94. The zero-order chi connectivity index (χ0) is 12.5. The highest BCUT2D eigenvalue weighted by molar-refractivity contribution is 7.91. The Kier molecular flexibility index (Phi) is 3.90. The van der Waals surface area contributed by atoms with E-state index in [-0.39, 0.29) is 23.2 Å². The maximum Gasteiger partial charge on any atom is 0.150 e. The summed E-state index contributed by atoms with van der Waals surface area (Å²) < 4.78 is 23.2. The smallest absolute Gasteiger partial charge is 0.150 e. The van der Waals surface area contributed by atoms with Crippen LogP contribution in [-0.4, -0.2) is 25.7 Å². The van der Waals surface area contributed by atoms with Gasteiger partial charge in [-0.3, -0.25) is 4.79 Å². The Morgan fingerprint density at radius 1 is 1.47 bits per heavy atom. The van der Waals surface area contributed by atoms with E-state index in [4.69, 9.17) is 11.6 Å². The van der Waals surface area contributed by atoms with Gasteiger partial charge in [0.05, 0.1) is 15.8 Å². The minimum Gasteiger partial charge on any atom is -0.299 e. The highest BCUT2D eigenvalue weighted by atomic mass is 35.5. The lowest BCUT2D eigenvalue weighted by atomic mass is 10.0. The minimum atomic E-state index is -2.88. The van der Waals surface area contributed by atoms with Crippen molar-refractivity contribution in [2.24, 2.45) is 5.92 Å². The lowest BCUT2D eigenvalue weighted by molar-refractivity contribution is -0.119. The van der Waals surface area contributed by atoms with Crippen LogP contribution >= 0.6 is 22.9 Å². The van der Waals surface area contributed by atoms with Crippen LogP contribution in [0.4, 0.5) is 0 Å². The molecule has 6 heteroatoms. The Labute approximate surface area is 110 Å². The number of Topliss-reactive ketones (excluding diaryl/α,β-unsaturated/α-hetero) is 1. The fourth-order valence-corrected chi connectivity index (χ4v) is 5.05. The number of hydrogen-bond donors (Lipinski definition) is 0. The lowest BCUT2D eigenvalue weighted by Crippen LogP contribution is -2.11. The summed E-state index contributed by atoms with van der Waals surface area (Å²) in [6.45, 7) is 0. The lowest BCUT2D eigenvalue weighted by Gasteiger charge is -2.05. The normalized spacial score (nSPS) is 22.8. The standard InChI is InChI=1S/C11H13ClO3S2/c12-11-2-1-10(16-11)6-9(13)5-8-3-4-17(14,15)7-8/h1-2,8H,3-7H2. The number of carbonyl (C=O) groups excluding carboxylic acids is 1. The van der Waals surface area contributed by atoms with Gasteiger partial charge in [0, 0.05) is 17.7 Å². The predicted molar refractivity (Wildman–Crippen MR) is 69.4 cm³/mol. The summed E-state index contributed by atoms with van der Waals surface area (Å²) in [4.78, 5) is 12.7. The van der Waals surface area contributed by atoms with Crippen molar-refractivity contribution in [3.8, 4) is 0 Å². The second-order valence-corrected chi connectivity index (χ2v) is 8.42. The number of rotatable bonds is 4. The Morgan fingerprint density at radius 3 is 2.76 bits per heavy atom. The molecule has 1 saturated heterocycles. The largest absolute Gasteiger partial charge is 0.299 e. The molecule has 0 amide bonds. The molecule has 1 aromatic heterocycles. The quantitative estimate of drug-likeness (QED) is 0.856. The molecule has 0 saturated carbocycles. The highest BCUT2D eigenvalue weighted by Crippen LogP contribution is 2.25. The zero-order valence-electron chi connectivity index (χ0n) is 9.19. The van der Waals surface area contributed by atoms with Crippen molar-refractivity contribution in [1.82, 2.24) is 0 Å². The Hall–Kier alpha value is -0.390. The second kappa shape index (κ2) is 5.08. The van der Waals surface area contributed by atoms with Crippen LogP contribution < -0.4 is 0 Å². The monoisotopic (exact) mass is 292 g/mol. The third-order valence-electron chi connectivity index (χ3n) is 2.84. The number of thiophene rings is 1. The predicted octanol–water partition coefficient (Wildman–Crippen LogP) is 2.34.